The molecular formula is C75H85N15. The van der Waals surface area contributed by atoms with E-state index in [0.717, 1.165) is 118 Å². The Morgan fingerprint density at radius 2 is 0.644 bits per heavy atom. The van der Waals surface area contributed by atoms with Crippen LogP contribution in [0.15, 0.2) is 263 Å². The summed E-state index contributed by atoms with van der Waals surface area (Å²) in [6.45, 7) is 22.9. The van der Waals surface area contributed by atoms with Crippen molar-refractivity contribution in [2.75, 3.05) is 0 Å². The summed E-state index contributed by atoms with van der Waals surface area (Å²) in [5.41, 5.74) is 53.8. The Labute approximate surface area is 531 Å². The van der Waals surface area contributed by atoms with E-state index in [1.54, 1.807) is 0 Å². The minimum atomic E-state index is 0.475. The molecule has 0 aliphatic heterocycles. The zero-order valence-electron chi connectivity index (χ0n) is 53.6. The second-order valence-electron chi connectivity index (χ2n) is 21.8. The van der Waals surface area contributed by atoms with Crippen LogP contribution in [-0.2, 0) is 32.7 Å². The van der Waals surface area contributed by atoms with E-state index in [-0.39, 0.29) is 0 Å². The molecule has 0 saturated heterocycles. The van der Waals surface area contributed by atoms with Crippen LogP contribution < -0.4 is 28.7 Å². The Balaban J connectivity index is 0.000000179. The number of aryl methyl sites for hydroxylation is 10. The molecule has 10 N–H and O–H groups in total. The molecule has 0 radical (unpaired) electrons. The van der Waals surface area contributed by atoms with Crippen molar-refractivity contribution >= 4 is 56.9 Å². The van der Waals surface area contributed by atoms with Crippen LogP contribution in [0.2, 0.25) is 0 Å². The quantitative estimate of drug-likeness (QED) is 0.0626. The molecule has 10 rings (SSSR count). The fraction of sp³-hybridized carbons (Fsp3) is 0.200. The SMILES string of the molecule is Cc1ccc(N=Nc2ccc(C)c(CN)c2)cc1.Cc1cccc(N=Nc2cc(C)cc(CN)c2)c1.Cc1cccc(N=Nc2cc(C)ccc2CN)c1.Cc1ccccc1N=Nc1cc(CN)ccc1C.Cc1ccccc1N=Nc1ccc(CN)cc1C. The average molecular weight is 1200 g/mol. The van der Waals surface area contributed by atoms with Gasteiger partial charge < -0.3 is 28.7 Å². The lowest BCUT2D eigenvalue weighted by Gasteiger charge is -2.03. The lowest BCUT2D eigenvalue weighted by Crippen LogP contribution is -1.98. The molecule has 90 heavy (non-hydrogen) atoms. The van der Waals surface area contributed by atoms with Gasteiger partial charge in [0.1, 0.15) is 0 Å². The third-order valence-electron chi connectivity index (χ3n) is 14.0. The Morgan fingerprint density at radius 1 is 0.211 bits per heavy atom. The molecule has 0 amide bonds. The van der Waals surface area contributed by atoms with Crippen molar-refractivity contribution in [2.24, 2.45) is 79.8 Å². The van der Waals surface area contributed by atoms with Crippen molar-refractivity contribution in [1.29, 1.82) is 0 Å². The normalized spacial score (nSPS) is 11.1. The van der Waals surface area contributed by atoms with Gasteiger partial charge in [0.05, 0.1) is 56.9 Å². The monoisotopic (exact) mass is 1200 g/mol. The minimum Gasteiger partial charge on any atom is -0.326 e. The van der Waals surface area contributed by atoms with Crippen molar-refractivity contribution in [2.45, 2.75) is 102 Å². The topological polar surface area (TPSA) is 254 Å². The van der Waals surface area contributed by atoms with Crippen LogP contribution in [0.5, 0.6) is 0 Å². The van der Waals surface area contributed by atoms with E-state index in [2.05, 4.69) is 64.1 Å². The molecule has 0 spiro atoms. The summed E-state index contributed by atoms with van der Waals surface area (Å²) in [6.07, 6.45) is 0. The zero-order valence-corrected chi connectivity index (χ0v) is 53.6. The molecule has 0 heterocycles. The number of rotatable bonds is 15. The second kappa shape index (κ2) is 36.3. The fourth-order valence-corrected chi connectivity index (χ4v) is 8.64. The number of hydrogen-bond acceptors (Lipinski definition) is 15. The first kappa shape index (κ1) is 69.1. The van der Waals surface area contributed by atoms with Crippen LogP contribution in [0.25, 0.3) is 0 Å². The van der Waals surface area contributed by atoms with Gasteiger partial charge >= 0.3 is 0 Å². The van der Waals surface area contributed by atoms with E-state index in [1.165, 1.54) is 22.3 Å². The van der Waals surface area contributed by atoms with E-state index in [4.69, 9.17) is 28.7 Å². The van der Waals surface area contributed by atoms with Gasteiger partial charge in [0.2, 0.25) is 0 Å². The molecule has 0 aliphatic rings. The van der Waals surface area contributed by atoms with Crippen molar-refractivity contribution < 1.29 is 0 Å². The molecule has 10 aromatic rings. The predicted octanol–water partition coefficient (Wildman–Crippen LogP) is 20.9. The van der Waals surface area contributed by atoms with Gasteiger partial charge in [-0.25, -0.2) is 0 Å². The van der Waals surface area contributed by atoms with Gasteiger partial charge in [0.25, 0.3) is 0 Å². The maximum atomic E-state index is 5.69. The third-order valence-corrected chi connectivity index (χ3v) is 14.0. The van der Waals surface area contributed by atoms with Crippen LogP contribution >= 0.6 is 0 Å². The van der Waals surface area contributed by atoms with E-state index >= 15 is 0 Å². The maximum absolute atomic E-state index is 5.69. The fourth-order valence-electron chi connectivity index (χ4n) is 8.64. The summed E-state index contributed by atoms with van der Waals surface area (Å²) >= 11 is 0. The summed E-state index contributed by atoms with van der Waals surface area (Å²) in [6, 6.07) is 69.8. The average Bonchev–Trinajstić information content (AvgIpc) is 3.69. The van der Waals surface area contributed by atoms with Crippen molar-refractivity contribution in [1.82, 2.24) is 0 Å². The molecule has 0 fully saturated rings. The van der Waals surface area contributed by atoms with E-state index < -0.39 is 0 Å². The largest absolute Gasteiger partial charge is 0.326 e. The third kappa shape index (κ3) is 23.3. The summed E-state index contributed by atoms with van der Waals surface area (Å²) in [4.78, 5) is 0. The molecule has 0 atom stereocenters. The summed E-state index contributed by atoms with van der Waals surface area (Å²) in [5.74, 6) is 0. The number of nitrogens with zero attached hydrogens (tertiary/aromatic N) is 10. The smallest absolute Gasteiger partial charge is 0.0904 e. The highest BCUT2D eigenvalue weighted by atomic mass is 15.1. The highest BCUT2D eigenvalue weighted by Gasteiger charge is 2.05. The maximum Gasteiger partial charge on any atom is 0.0904 e. The molecule has 0 unspecified atom stereocenters. The zero-order chi connectivity index (χ0) is 64.8. The van der Waals surface area contributed by atoms with Crippen LogP contribution in [0.3, 0.4) is 0 Å². The van der Waals surface area contributed by atoms with Gasteiger partial charge in [0, 0.05) is 32.7 Å². The van der Waals surface area contributed by atoms with Crippen molar-refractivity contribution in [3.63, 3.8) is 0 Å². The molecule has 0 saturated carbocycles. The highest BCUT2D eigenvalue weighted by molar-refractivity contribution is 5.53. The number of benzene rings is 10. The van der Waals surface area contributed by atoms with Crippen molar-refractivity contribution in [3.8, 4) is 0 Å². The standard InChI is InChI=1S/5C15H17N3/c1-11-3-6-14(7-4-11)17-18-15-8-5-12(2)13(9-15)10-16;1-11-4-3-5-14(7-11)17-18-15-8-12(2)6-13(9-15)10-16;1-11-4-3-5-14(8-11)17-18-15-9-12(2)6-7-13(15)10-16;1-11-5-3-4-6-14(11)17-18-15-8-7-13(10-16)9-12(15)2;1-11-5-3-4-6-14(11)17-18-15-9-13(10-16)8-7-12(15)2/h5*3-9H,10,16H2,1-2H3. The molecule has 15 heteroatoms. The summed E-state index contributed by atoms with van der Waals surface area (Å²) in [5, 5.41) is 42.7. The van der Waals surface area contributed by atoms with Crippen LogP contribution in [0, 0.1) is 69.2 Å². The van der Waals surface area contributed by atoms with E-state index in [1.807, 2.05) is 269 Å². The first-order chi connectivity index (χ1) is 43.4. The Kier molecular flexibility index (Phi) is 27.9. The lowest BCUT2D eigenvalue weighted by atomic mass is 10.1. The van der Waals surface area contributed by atoms with Gasteiger partial charge in [-0.05, 0) is 238 Å². The highest BCUT2D eigenvalue weighted by Crippen LogP contribution is 2.29. The lowest BCUT2D eigenvalue weighted by molar-refractivity contribution is 1.05. The molecule has 10 aromatic carbocycles. The molecule has 0 aliphatic carbocycles. The predicted molar refractivity (Wildman–Crippen MR) is 372 cm³/mol. The molecular weight excluding hydrogens is 1110 g/mol. The van der Waals surface area contributed by atoms with Gasteiger partial charge in [0.15, 0.2) is 0 Å². The van der Waals surface area contributed by atoms with Gasteiger partial charge in [-0.2, -0.15) is 51.1 Å². The number of azo groups is 5. The van der Waals surface area contributed by atoms with Gasteiger partial charge in [-0.3, -0.25) is 0 Å². The van der Waals surface area contributed by atoms with E-state index in [0.29, 0.717) is 32.7 Å². The molecule has 0 bridgehead atoms. The summed E-state index contributed by atoms with van der Waals surface area (Å²) in [7, 11) is 0. The molecule has 0 aromatic heterocycles. The minimum absolute atomic E-state index is 0.475. The van der Waals surface area contributed by atoms with Crippen molar-refractivity contribution in [3.05, 3.63) is 296 Å². The van der Waals surface area contributed by atoms with Gasteiger partial charge in [-0.15, -0.1) is 0 Å². The van der Waals surface area contributed by atoms with Crippen LogP contribution in [0.4, 0.5) is 56.9 Å². The van der Waals surface area contributed by atoms with E-state index in [9.17, 15) is 0 Å². The van der Waals surface area contributed by atoms with Crippen LogP contribution in [-0.4, -0.2) is 0 Å². The first-order valence-electron chi connectivity index (χ1n) is 29.8. The van der Waals surface area contributed by atoms with Gasteiger partial charge in [-0.1, -0.05) is 127 Å². The van der Waals surface area contributed by atoms with Crippen LogP contribution in [0.1, 0.15) is 83.5 Å². The Morgan fingerprint density at radius 3 is 1.20 bits per heavy atom. The summed E-state index contributed by atoms with van der Waals surface area (Å²) < 4.78 is 0. The number of nitrogens with two attached hydrogens (primary N) is 5. The Bertz CT molecular complexity index is 4070. The molecule has 460 valence electrons. The Hall–Kier alpha value is -10.0. The second-order valence-corrected chi connectivity index (χ2v) is 21.8. The first-order valence-corrected chi connectivity index (χ1v) is 29.8. The number of hydrogen-bond donors (Lipinski definition) is 5. The molecule has 15 nitrogen and oxygen atoms in total.